The molecule has 2 aliphatic carbocycles. The number of carbonyl (C=O) groups is 2. The largest absolute Gasteiger partial charge is 0.486 e. The number of hydrogen-bond acceptors (Lipinski definition) is 12. The Bertz CT molecular complexity index is 1730. The fraction of sp³-hybridized carbons (Fsp3) is 0.590. The second-order valence-electron chi connectivity index (χ2n) is 15.5. The molecule has 2 aromatic rings. The third-order valence-corrected chi connectivity index (χ3v) is 12.2. The van der Waals surface area contributed by atoms with E-state index in [-0.39, 0.29) is 36.2 Å². The van der Waals surface area contributed by atoms with E-state index in [0.717, 1.165) is 24.5 Å². The molecule has 282 valence electrons. The number of ether oxygens (including phenoxy) is 4. The Balaban J connectivity index is 1.10. The third-order valence-electron chi connectivity index (χ3n) is 11.9. The average molecular weight is 740 g/mol. The fourth-order valence-corrected chi connectivity index (χ4v) is 9.66. The lowest BCUT2D eigenvalue weighted by Gasteiger charge is -2.56. The molecule has 1 saturated heterocycles. The van der Waals surface area contributed by atoms with Crippen molar-refractivity contribution in [3.8, 4) is 11.5 Å². The van der Waals surface area contributed by atoms with Gasteiger partial charge >= 0.3 is 11.9 Å². The van der Waals surface area contributed by atoms with Crippen LogP contribution in [0.5, 0.6) is 11.5 Å². The van der Waals surface area contributed by atoms with E-state index >= 15 is 0 Å². The smallest absolute Gasteiger partial charge is 0.323 e. The standard InChI is InChI=1S/C39H50ClN3O9/c1-21-16-28-26(22(2)18-42(5)19-25-20-48-31-12-7-8-13-32(31)50-25)15-14-23(3)39(28,47)35(34(21)49-24(4)44)51-36(45)30-17-38(46)27-10-9-11-29(40)33(27)43(6)52-37(38)41-30/h7-13,16,22-23,25-26,28,30,34-35,37,41,46-47H,14-15,17-20H2,1-6H3/t22?,23-,25?,26+,28-,30+,34-,35+,37-,38-,39-/m1/s1. The van der Waals surface area contributed by atoms with Crippen molar-refractivity contribution in [3.63, 3.8) is 0 Å². The van der Waals surface area contributed by atoms with Gasteiger partial charge in [0.15, 0.2) is 29.9 Å². The molecule has 3 N–H and O–H groups in total. The minimum atomic E-state index is -1.57. The molecule has 12 nitrogen and oxygen atoms in total. The van der Waals surface area contributed by atoms with Crippen LogP contribution in [-0.4, -0.2) is 97.0 Å². The number of nitrogens with zero attached hydrogens (tertiary/aromatic N) is 2. The molecule has 0 bridgehead atoms. The number of hydrogen-bond donors (Lipinski definition) is 3. The SMILES string of the molecule is CC(=O)O[C@@H]1C(C)=C[C@@H]2[C@H](C(C)CN(C)CC3COc4ccccc4O3)CC[C@@H](C)[C@]2(O)[C@H]1OC(=O)[C@@H]1C[C@@]2(O)c3cccc(Cl)c3N(C)O[C@H]2N1. The van der Waals surface area contributed by atoms with Crippen LogP contribution in [0.1, 0.15) is 52.5 Å². The number of fused-ring (bicyclic) bond motifs is 5. The van der Waals surface area contributed by atoms with Crippen LogP contribution < -0.4 is 19.9 Å². The van der Waals surface area contributed by atoms with Crippen LogP contribution in [0, 0.1) is 23.7 Å². The number of carbonyl (C=O) groups excluding carboxylic acids is 2. The van der Waals surface area contributed by atoms with Crippen molar-refractivity contribution in [2.24, 2.45) is 23.7 Å². The summed E-state index contributed by atoms with van der Waals surface area (Å²) in [7, 11) is 3.75. The van der Waals surface area contributed by atoms with E-state index in [1.165, 1.54) is 12.0 Å². The molecule has 3 heterocycles. The predicted octanol–water partition coefficient (Wildman–Crippen LogP) is 4.20. The number of anilines is 1. The van der Waals surface area contributed by atoms with Gasteiger partial charge in [-0.1, -0.05) is 55.8 Å². The first kappa shape index (κ1) is 36.9. The van der Waals surface area contributed by atoms with Gasteiger partial charge in [0.2, 0.25) is 0 Å². The Morgan fingerprint density at radius 2 is 1.88 bits per heavy atom. The molecule has 2 unspecified atom stereocenters. The highest BCUT2D eigenvalue weighted by Crippen LogP contribution is 2.53. The number of rotatable bonds is 8. The number of hydroxylamine groups is 1. The normalized spacial score (nSPS) is 35.5. The summed E-state index contributed by atoms with van der Waals surface area (Å²) in [5.41, 5.74) is -1.34. The molecule has 5 aliphatic rings. The predicted molar refractivity (Wildman–Crippen MR) is 193 cm³/mol. The summed E-state index contributed by atoms with van der Waals surface area (Å²) in [5, 5.41) is 29.8. The number of para-hydroxylation sites is 3. The van der Waals surface area contributed by atoms with E-state index in [1.807, 2.05) is 44.2 Å². The Hall–Kier alpha value is -3.39. The number of esters is 2. The maximum atomic E-state index is 14.2. The van der Waals surface area contributed by atoms with E-state index < -0.39 is 47.6 Å². The first-order chi connectivity index (χ1) is 24.7. The van der Waals surface area contributed by atoms with E-state index in [4.69, 9.17) is 35.4 Å². The summed E-state index contributed by atoms with van der Waals surface area (Å²) in [6.07, 6.45) is 0.292. The van der Waals surface area contributed by atoms with Gasteiger partial charge in [-0.2, -0.15) is 0 Å². The monoisotopic (exact) mass is 739 g/mol. The lowest BCUT2D eigenvalue weighted by Crippen LogP contribution is -2.66. The first-order valence-corrected chi connectivity index (χ1v) is 18.6. The lowest BCUT2D eigenvalue weighted by molar-refractivity contribution is -0.225. The first-order valence-electron chi connectivity index (χ1n) is 18.2. The highest BCUT2D eigenvalue weighted by molar-refractivity contribution is 6.33. The molecule has 11 atom stereocenters. The second-order valence-corrected chi connectivity index (χ2v) is 15.9. The zero-order valence-electron chi connectivity index (χ0n) is 30.6. The van der Waals surface area contributed by atoms with Crippen LogP contribution >= 0.6 is 11.6 Å². The van der Waals surface area contributed by atoms with Gasteiger partial charge in [0.1, 0.15) is 30.0 Å². The summed E-state index contributed by atoms with van der Waals surface area (Å²) in [6, 6.07) is 11.9. The molecule has 13 heteroatoms. The molecule has 0 amide bonds. The minimum Gasteiger partial charge on any atom is -0.486 e. The lowest BCUT2D eigenvalue weighted by atomic mass is 9.55. The maximum Gasteiger partial charge on any atom is 0.323 e. The third kappa shape index (κ3) is 6.45. The Labute approximate surface area is 309 Å². The highest BCUT2D eigenvalue weighted by Gasteiger charge is 2.62. The van der Waals surface area contributed by atoms with Crippen LogP contribution in [0.2, 0.25) is 5.02 Å². The van der Waals surface area contributed by atoms with Crippen molar-refractivity contribution in [2.75, 3.05) is 38.9 Å². The van der Waals surface area contributed by atoms with E-state index in [9.17, 15) is 19.8 Å². The van der Waals surface area contributed by atoms with Crippen molar-refractivity contribution >= 4 is 29.2 Å². The van der Waals surface area contributed by atoms with E-state index in [2.05, 4.69) is 24.2 Å². The van der Waals surface area contributed by atoms with E-state index in [1.54, 1.807) is 25.2 Å². The van der Waals surface area contributed by atoms with Gasteiger partial charge in [-0.3, -0.25) is 24.8 Å². The Morgan fingerprint density at radius 1 is 1.13 bits per heavy atom. The number of halogens is 1. The molecule has 2 aromatic carbocycles. The van der Waals surface area contributed by atoms with Crippen molar-refractivity contribution in [1.29, 1.82) is 0 Å². The van der Waals surface area contributed by atoms with Crippen LogP contribution in [0.3, 0.4) is 0 Å². The molecular formula is C39H50ClN3O9. The molecule has 1 saturated carbocycles. The Morgan fingerprint density at radius 3 is 2.63 bits per heavy atom. The molecular weight excluding hydrogens is 690 g/mol. The number of aliphatic hydroxyl groups is 2. The fourth-order valence-electron chi connectivity index (χ4n) is 9.36. The summed E-state index contributed by atoms with van der Waals surface area (Å²) in [5.74, 6) is -0.196. The average Bonchev–Trinajstić information content (AvgIpc) is 3.44. The summed E-state index contributed by atoms with van der Waals surface area (Å²) in [6.45, 7) is 9.19. The zero-order valence-corrected chi connectivity index (χ0v) is 31.3. The van der Waals surface area contributed by atoms with Gasteiger partial charge in [-0.25, -0.2) is 0 Å². The van der Waals surface area contributed by atoms with E-state index in [0.29, 0.717) is 41.4 Å². The maximum absolute atomic E-state index is 14.2. The van der Waals surface area contributed by atoms with Crippen LogP contribution in [0.25, 0.3) is 0 Å². The molecule has 0 radical (unpaired) electrons. The second kappa shape index (κ2) is 14.1. The van der Waals surface area contributed by atoms with Crippen molar-refractivity contribution in [1.82, 2.24) is 10.2 Å². The van der Waals surface area contributed by atoms with Gasteiger partial charge in [0.05, 0.1) is 10.7 Å². The van der Waals surface area contributed by atoms with Gasteiger partial charge in [-0.05, 0) is 68.3 Å². The number of nitrogens with one attached hydrogen (secondary N) is 1. The molecule has 7 rings (SSSR count). The summed E-state index contributed by atoms with van der Waals surface area (Å²) >= 11 is 6.47. The van der Waals surface area contributed by atoms with Gasteiger partial charge in [-0.15, -0.1) is 0 Å². The zero-order chi connectivity index (χ0) is 37.1. The van der Waals surface area contributed by atoms with Crippen molar-refractivity contribution in [2.45, 2.75) is 88.7 Å². The number of benzene rings is 2. The topological polar surface area (TPSA) is 139 Å². The molecule has 52 heavy (non-hydrogen) atoms. The highest BCUT2D eigenvalue weighted by atomic mass is 35.5. The number of likely N-dealkylation sites (N-methyl/N-ethyl adjacent to an activating group) is 1. The molecule has 0 spiro atoms. The van der Waals surface area contributed by atoms with Crippen LogP contribution in [0.15, 0.2) is 54.1 Å². The Kier molecular flexibility index (Phi) is 10.0. The minimum absolute atomic E-state index is 0.0423. The van der Waals surface area contributed by atoms with Gasteiger partial charge < -0.3 is 34.1 Å². The van der Waals surface area contributed by atoms with Crippen molar-refractivity contribution in [3.05, 3.63) is 64.7 Å². The van der Waals surface area contributed by atoms with Gasteiger partial charge in [0.25, 0.3) is 0 Å². The van der Waals surface area contributed by atoms with Crippen molar-refractivity contribution < 1.29 is 43.6 Å². The molecule has 0 aromatic heterocycles. The molecule has 2 fully saturated rings. The quantitative estimate of drug-likeness (QED) is 0.264. The summed E-state index contributed by atoms with van der Waals surface area (Å²) in [4.78, 5) is 34.8. The van der Waals surface area contributed by atoms with Gasteiger partial charge in [0, 0.05) is 45.0 Å². The van der Waals surface area contributed by atoms with Crippen LogP contribution in [0.4, 0.5) is 5.69 Å². The summed E-state index contributed by atoms with van der Waals surface area (Å²) < 4.78 is 24.3. The molecule has 3 aliphatic heterocycles. The van der Waals surface area contributed by atoms with Crippen LogP contribution in [-0.2, 0) is 29.5 Å².